The monoisotopic (exact) mass is 1150 g/mol. The third-order valence-corrected chi connectivity index (χ3v) is 13.4. The Morgan fingerprint density at radius 1 is 0.422 bits per heavy atom. The Labute approximate surface area is 502 Å². The number of hydrogen-bond donors (Lipinski definition) is 3. The molecular weight excluding hydrogens is 1040 g/mol. The molecular formula is C71H110O12. The van der Waals surface area contributed by atoms with Gasteiger partial charge in [0.1, 0.15) is 18.8 Å². The number of aliphatic carboxylic acids is 1. The highest BCUT2D eigenvalue weighted by molar-refractivity contribution is 5.74. The summed E-state index contributed by atoms with van der Waals surface area (Å²) in [7, 11) is 0. The fourth-order valence-electron chi connectivity index (χ4n) is 8.62. The molecule has 0 spiro atoms. The maximum atomic E-state index is 13.1. The molecule has 3 N–H and O–H groups in total. The number of carboxylic acid groups (broad SMARTS) is 1. The zero-order valence-electron chi connectivity index (χ0n) is 51.4. The topological polar surface area (TPSA) is 175 Å². The van der Waals surface area contributed by atoms with E-state index in [-0.39, 0.29) is 25.9 Å². The van der Waals surface area contributed by atoms with Gasteiger partial charge in [0.25, 0.3) is 0 Å². The number of aliphatic hydroxyl groups excluding tert-OH is 2. The summed E-state index contributed by atoms with van der Waals surface area (Å²) >= 11 is 0. The minimum absolute atomic E-state index is 0.0258. The molecule has 0 aliphatic carbocycles. The zero-order chi connectivity index (χ0) is 60.3. The van der Waals surface area contributed by atoms with Gasteiger partial charge in [-0.1, -0.05) is 231 Å². The highest BCUT2D eigenvalue weighted by Gasteiger charge is 2.50. The van der Waals surface area contributed by atoms with Gasteiger partial charge in [-0.15, -0.1) is 0 Å². The molecule has 0 saturated carbocycles. The summed E-state index contributed by atoms with van der Waals surface area (Å²) in [5.41, 5.74) is 0. The van der Waals surface area contributed by atoms with Crippen LogP contribution in [-0.2, 0) is 42.9 Å². The Hall–Kier alpha value is -5.40. The van der Waals surface area contributed by atoms with Gasteiger partial charge in [-0.05, 0) is 122 Å². The van der Waals surface area contributed by atoms with Gasteiger partial charge in [0.2, 0.25) is 0 Å². The summed E-state index contributed by atoms with van der Waals surface area (Å²) in [6.07, 6.45) is 69.7. The molecule has 12 heteroatoms. The highest BCUT2D eigenvalue weighted by Crippen LogP contribution is 2.26. The Morgan fingerprint density at radius 3 is 1.22 bits per heavy atom. The third kappa shape index (κ3) is 46.6. The maximum Gasteiger partial charge on any atom is 0.335 e. The number of esters is 3. The van der Waals surface area contributed by atoms with Gasteiger partial charge in [0.05, 0.1) is 13.0 Å². The second-order valence-corrected chi connectivity index (χ2v) is 20.9. The predicted molar refractivity (Wildman–Crippen MR) is 339 cm³/mol. The Bertz CT molecular complexity index is 2000. The van der Waals surface area contributed by atoms with E-state index in [4.69, 9.17) is 23.7 Å². The van der Waals surface area contributed by atoms with Gasteiger partial charge in [-0.25, -0.2) is 4.79 Å². The Morgan fingerprint density at radius 2 is 0.795 bits per heavy atom. The lowest BCUT2D eigenvalue weighted by Crippen LogP contribution is -2.61. The van der Waals surface area contributed by atoms with E-state index in [1.54, 1.807) is 6.08 Å². The largest absolute Gasteiger partial charge is 0.479 e. The predicted octanol–water partition coefficient (Wildman–Crippen LogP) is 17.1. The van der Waals surface area contributed by atoms with Crippen molar-refractivity contribution in [1.29, 1.82) is 0 Å². The van der Waals surface area contributed by atoms with Crippen LogP contribution in [0.4, 0.5) is 0 Å². The van der Waals surface area contributed by atoms with Crippen LogP contribution in [0.15, 0.2) is 146 Å². The number of allylic oxidation sites excluding steroid dienone is 23. The van der Waals surface area contributed by atoms with Crippen molar-refractivity contribution in [2.45, 2.75) is 263 Å². The average Bonchev–Trinajstić information content (AvgIpc) is 3.60. The molecule has 1 rings (SSSR count). The van der Waals surface area contributed by atoms with Crippen molar-refractivity contribution >= 4 is 23.9 Å². The molecule has 0 amide bonds. The van der Waals surface area contributed by atoms with E-state index in [0.717, 1.165) is 148 Å². The van der Waals surface area contributed by atoms with Crippen molar-refractivity contribution in [3.63, 3.8) is 0 Å². The van der Waals surface area contributed by atoms with E-state index in [1.807, 2.05) is 18.2 Å². The van der Waals surface area contributed by atoms with Crippen LogP contribution in [0.2, 0.25) is 0 Å². The molecule has 0 bridgehead atoms. The normalized spacial score (nSPS) is 18.6. The van der Waals surface area contributed by atoms with E-state index in [1.165, 1.54) is 19.3 Å². The van der Waals surface area contributed by atoms with Crippen molar-refractivity contribution in [3.8, 4) is 0 Å². The summed E-state index contributed by atoms with van der Waals surface area (Å²) in [5.74, 6) is -3.34. The molecule has 12 nitrogen and oxygen atoms in total. The van der Waals surface area contributed by atoms with Gasteiger partial charge < -0.3 is 39.0 Å². The van der Waals surface area contributed by atoms with Crippen molar-refractivity contribution in [3.05, 3.63) is 146 Å². The van der Waals surface area contributed by atoms with E-state index in [2.05, 4.69) is 142 Å². The highest BCUT2D eigenvalue weighted by atomic mass is 16.7. The number of carbonyl (C=O) groups excluding carboxylic acids is 3. The van der Waals surface area contributed by atoms with Gasteiger partial charge >= 0.3 is 23.9 Å². The summed E-state index contributed by atoms with van der Waals surface area (Å²) in [6.45, 7) is 5.64. The molecule has 0 aromatic rings. The fraction of sp³-hybridized carbons (Fsp3) is 0.606. The number of carbonyl (C=O) groups is 4. The lowest BCUT2D eigenvalue weighted by Gasteiger charge is -2.40. The van der Waals surface area contributed by atoms with Crippen molar-refractivity contribution in [2.24, 2.45) is 0 Å². The fourth-order valence-corrected chi connectivity index (χ4v) is 8.62. The molecule has 6 atom stereocenters. The summed E-state index contributed by atoms with van der Waals surface area (Å²) in [5, 5.41) is 31.6. The number of rotatable bonds is 52. The van der Waals surface area contributed by atoms with Crippen LogP contribution in [0.25, 0.3) is 0 Å². The summed E-state index contributed by atoms with van der Waals surface area (Å²) < 4.78 is 28.3. The third-order valence-electron chi connectivity index (χ3n) is 13.4. The molecule has 0 aromatic carbocycles. The molecule has 466 valence electrons. The van der Waals surface area contributed by atoms with Crippen molar-refractivity contribution < 1.29 is 58.2 Å². The lowest BCUT2D eigenvalue weighted by atomic mass is 9.98. The molecule has 0 radical (unpaired) electrons. The Balaban J connectivity index is 2.73. The molecule has 1 heterocycles. The molecule has 1 saturated heterocycles. The van der Waals surface area contributed by atoms with E-state index in [9.17, 15) is 34.5 Å². The first kappa shape index (κ1) is 75.6. The number of ether oxygens (including phenoxy) is 5. The van der Waals surface area contributed by atoms with Gasteiger partial charge in [0, 0.05) is 12.8 Å². The van der Waals surface area contributed by atoms with Gasteiger partial charge in [0.15, 0.2) is 24.6 Å². The van der Waals surface area contributed by atoms with E-state index in [0.29, 0.717) is 19.3 Å². The number of carboxylic acids is 1. The average molecular weight is 1160 g/mol. The molecule has 0 aromatic heterocycles. The smallest absolute Gasteiger partial charge is 0.335 e. The summed E-state index contributed by atoms with van der Waals surface area (Å²) in [4.78, 5) is 51.2. The van der Waals surface area contributed by atoms with Gasteiger partial charge in [-0.2, -0.15) is 0 Å². The molecule has 6 unspecified atom stereocenters. The SMILES string of the molecule is CC/C=C\C/C=C\C/C=C\C/C=C\C/C=C\CC(=O)OC(COC(=O)CCCCCCCC/C=C\C/C=C\C/C=C\C/C=C\CC)COC1OC(C(=O)O)C(O)C(O)C1OC(=O)CCCCCCCC/C=C\C/C=C\C/C=C\CCCCC. The van der Waals surface area contributed by atoms with Crippen molar-refractivity contribution in [2.75, 3.05) is 13.2 Å². The number of aliphatic hydroxyl groups is 2. The number of hydrogen-bond acceptors (Lipinski definition) is 11. The standard InChI is InChI=1S/C71H110O12/c1-4-7-10-13-16-19-22-25-28-30-32-34-37-39-42-45-48-51-54-57-63(72)79-60-62(81-64(73)58-55-52-49-46-43-40-36-27-24-21-18-15-12-9-6-3)61-80-71-69(67(76)66(75)68(83-71)70(77)78)82-65(74)59-56-53-50-47-44-41-38-35-33-31-29-26-23-20-17-14-11-8-5-2/h7,9-10,12,16-21,25-29,32-36,43,46,52,55,62,66-69,71,75-76H,4-6,8,11,13-15,22-24,30-31,37-42,44-45,47-51,53-54,56-61H2,1-3H3,(H,77,78)/b10-7-,12-9-,19-16-,20-17-,21-18-,28-25-,29-26-,34-32-,35-33-,36-27-,46-43-,55-52-. The first-order valence-corrected chi connectivity index (χ1v) is 31.8. The van der Waals surface area contributed by atoms with Crippen LogP contribution >= 0.6 is 0 Å². The minimum atomic E-state index is -1.93. The maximum absolute atomic E-state index is 13.1. The molecule has 1 aliphatic heterocycles. The lowest BCUT2D eigenvalue weighted by molar-refractivity contribution is -0.301. The van der Waals surface area contributed by atoms with Crippen LogP contribution in [0.5, 0.6) is 0 Å². The quantitative estimate of drug-likeness (QED) is 0.0228. The Kier molecular flexibility index (Phi) is 52.0. The van der Waals surface area contributed by atoms with Gasteiger partial charge in [-0.3, -0.25) is 14.4 Å². The van der Waals surface area contributed by atoms with E-state index < -0.39 is 67.3 Å². The minimum Gasteiger partial charge on any atom is -0.479 e. The van der Waals surface area contributed by atoms with Crippen LogP contribution in [-0.4, -0.2) is 89.2 Å². The second-order valence-electron chi connectivity index (χ2n) is 20.9. The first-order valence-electron chi connectivity index (χ1n) is 31.8. The first-order chi connectivity index (χ1) is 40.6. The second kappa shape index (κ2) is 57.1. The number of unbranched alkanes of at least 4 members (excludes halogenated alkanes) is 15. The van der Waals surface area contributed by atoms with Crippen LogP contribution in [0, 0.1) is 0 Å². The van der Waals surface area contributed by atoms with Crippen LogP contribution in [0.3, 0.4) is 0 Å². The van der Waals surface area contributed by atoms with Crippen LogP contribution < -0.4 is 0 Å². The zero-order valence-corrected chi connectivity index (χ0v) is 51.4. The van der Waals surface area contributed by atoms with Crippen LogP contribution in [0.1, 0.15) is 226 Å². The molecule has 1 fully saturated rings. The van der Waals surface area contributed by atoms with Crippen molar-refractivity contribution in [1.82, 2.24) is 0 Å². The van der Waals surface area contributed by atoms with E-state index >= 15 is 0 Å². The molecule has 83 heavy (non-hydrogen) atoms. The summed E-state index contributed by atoms with van der Waals surface area (Å²) in [6, 6.07) is 0. The molecule has 1 aliphatic rings.